The van der Waals surface area contributed by atoms with Crippen molar-refractivity contribution in [2.45, 2.75) is 13.0 Å². The minimum Gasteiger partial charge on any atom is -0.324 e. The van der Waals surface area contributed by atoms with Crippen molar-refractivity contribution in [3.8, 4) is 0 Å². The number of fused-ring (bicyclic) bond motifs is 1. The quantitative estimate of drug-likeness (QED) is 0.550. The molecule has 134 valence electrons. The van der Waals surface area contributed by atoms with E-state index in [0.29, 0.717) is 30.1 Å². The summed E-state index contributed by atoms with van der Waals surface area (Å²) in [6, 6.07) is 10.3. The molecule has 4 heterocycles. The fraction of sp³-hybridized carbons (Fsp3) is 0.105. The second-order valence-electron chi connectivity index (χ2n) is 5.85. The Kier molecular flexibility index (Phi) is 4.52. The Bertz CT molecular complexity index is 1130. The number of halogens is 1. The van der Waals surface area contributed by atoms with Crippen LogP contribution in [0.15, 0.2) is 66.0 Å². The lowest BCUT2D eigenvalue weighted by molar-refractivity contribution is 0.585. The van der Waals surface area contributed by atoms with E-state index in [1.165, 1.54) is 10.8 Å². The molecule has 0 aromatic carbocycles. The zero-order chi connectivity index (χ0) is 18.6. The lowest BCUT2D eigenvalue weighted by Gasteiger charge is -2.14. The van der Waals surface area contributed by atoms with Crippen LogP contribution in [-0.2, 0) is 13.0 Å². The molecule has 7 nitrogen and oxygen atoms in total. The molecule has 8 heteroatoms. The molecule has 0 fully saturated rings. The molecule has 4 aromatic heterocycles. The molecule has 0 aliphatic heterocycles. The predicted molar refractivity (Wildman–Crippen MR) is 99.2 cm³/mol. The standard InChI is InChI=1S/C19H15FN6O/c20-17-10-15-16(12-23-17)25-19(24-14-5-3-7-21-11-14)26(18(15)27)9-6-13-4-1-2-8-22-13/h1-5,7-8,10-12H,6,9H2,(H,24,25). The van der Waals surface area contributed by atoms with Crippen molar-refractivity contribution in [2.75, 3.05) is 5.32 Å². The first kappa shape index (κ1) is 16.8. The van der Waals surface area contributed by atoms with Gasteiger partial charge in [-0.25, -0.2) is 9.97 Å². The summed E-state index contributed by atoms with van der Waals surface area (Å²) in [5.41, 5.74) is 1.51. The smallest absolute Gasteiger partial charge is 0.263 e. The van der Waals surface area contributed by atoms with Gasteiger partial charge < -0.3 is 5.32 Å². The van der Waals surface area contributed by atoms with E-state index in [2.05, 4.69) is 25.3 Å². The van der Waals surface area contributed by atoms with Gasteiger partial charge in [-0.3, -0.25) is 19.3 Å². The van der Waals surface area contributed by atoms with E-state index in [-0.39, 0.29) is 10.9 Å². The Morgan fingerprint density at radius 2 is 2.00 bits per heavy atom. The van der Waals surface area contributed by atoms with Crippen LogP contribution < -0.4 is 10.9 Å². The van der Waals surface area contributed by atoms with Crippen LogP contribution >= 0.6 is 0 Å². The van der Waals surface area contributed by atoms with Gasteiger partial charge in [0.25, 0.3) is 5.56 Å². The number of anilines is 2. The SMILES string of the molecule is O=c1c2cc(F)ncc2nc(Nc2cccnc2)n1CCc1ccccn1. The molecule has 0 amide bonds. The molecule has 0 aliphatic carbocycles. The van der Waals surface area contributed by atoms with Crippen LogP contribution in [0.25, 0.3) is 10.9 Å². The zero-order valence-corrected chi connectivity index (χ0v) is 14.2. The van der Waals surface area contributed by atoms with Gasteiger partial charge in [-0.2, -0.15) is 4.39 Å². The Morgan fingerprint density at radius 3 is 2.78 bits per heavy atom. The third kappa shape index (κ3) is 3.64. The number of aromatic nitrogens is 5. The summed E-state index contributed by atoms with van der Waals surface area (Å²) < 4.78 is 15.0. The fourth-order valence-electron chi connectivity index (χ4n) is 2.74. The monoisotopic (exact) mass is 362 g/mol. The Morgan fingerprint density at radius 1 is 1.07 bits per heavy atom. The summed E-state index contributed by atoms with van der Waals surface area (Å²) in [6.45, 7) is 0.339. The number of aryl methyl sites for hydroxylation is 1. The van der Waals surface area contributed by atoms with E-state index >= 15 is 0 Å². The highest BCUT2D eigenvalue weighted by Crippen LogP contribution is 2.16. The average Bonchev–Trinajstić information content (AvgIpc) is 2.70. The normalized spacial score (nSPS) is 10.9. The van der Waals surface area contributed by atoms with Crippen molar-refractivity contribution < 1.29 is 4.39 Å². The van der Waals surface area contributed by atoms with Crippen LogP contribution in [0.3, 0.4) is 0 Å². The molecule has 0 atom stereocenters. The van der Waals surface area contributed by atoms with E-state index in [9.17, 15) is 9.18 Å². The highest BCUT2D eigenvalue weighted by atomic mass is 19.1. The maximum Gasteiger partial charge on any atom is 0.263 e. The first-order chi connectivity index (χ1) is 13.2. The molecule has 0 aliphatic rings. The van der Waals surface area contributed by atoms with Crippen molar-refractivity contribution >= 4 is 22.5 Å². The molecule has 0 saturated carbocycles. The molecule has 4 rings (SSSR count). The van der Waals surface area contributed by atoms with Gasteiger partial charge in [0, 0.05) is 37.1 Å². The molecule has 0 radical (unpaired) electrons. The third-order valence-electron chi connectivity index (χ3n) is 4.04. The molecular formula is C19H15FN6O. The fourth-order valence-corrected chi connectivity index (χ4v) is 2.74. The van der Waals surface area contributed by atoms with Crippen molar-refractivity contribution in [2.24, 2.45) is 0 Å². The number of hydrogen-bond donors (Lipinski definition) is 1. The van der Waals surface area contributed by atoms with Gasteiger partial charge in [-0.05, 0) is 24.3 Å². The van der Waals surface area contributed by atoms with Crippen LogP contribution in [0.2, 0.25) is 0 Å². The van der Waals surface area contributed by atoms with Gasteiger partial charge in [-0.1, -0.05) is 6.07 Å². The Balaban J connectivity index is 1.78. The number of nitrogens with one attached hydrogen (secondary N) is 1. The summed E-state index contributed by atoms with van der Waals surface area (Å²) in [5.74, 6) is -0.379. The lowest BCUT2D eigenvalue weighted by atomic mass is 10.2. The minimum atomic E-state index is -0.717. The van der Waals surface area contributed by atoms with E-state index in [1.54, 1.807) is 24.7 Å². The molecule has 4 aromatic rings. The second kappa shape index (κ2) is 7.28. The lowest BCUT2D eigenvalue weighted by Crippen LogP contribution is -2.25. The van der Waals surface area contributed by atoms with Gasteiger partial charge in [0.1, 0.15) is 0 Å². The Labute approximate surface area is 153 Å². The summed E-state index contributed by atoms with van der Waals surface area (Å²) in [6.07, 6.45) is 6.77. The molecule has 0 unspecified atom stereocenters. The number of pyridine rings is 3. The molecule has 1 N–H and O–H groups in total. The minimum absolute atomic E-state index is 0.181. The Hall–Kier alpha value is -3.68. The van der Waals surface area contributed by atoms with Crippen molar-refractivity contribution in [1.82, 2.24) is 24.5 Å². The van der Waals surface area contributed by atoms with Crippen LogP contribution in [0, 0.1) is 5.95 Å². The molecule has 0 bridgehead atoms. The topological polar surface area (TPSA) is 85.6 Å². The van der Waals surface area contributed by atoms with Crippen LogP contribution in [0.5, 0.6) is 0 Å². The van der Waals surface area contributed by atoms with E-state index in [4.69, 9.17) is 0 Å². The van der Waals surface area contributed by atoms with Gasteiger partial charge >= 0.3 is 0 Å². The number of nitrogens with zero attached hydrogens (tertiary/aromatic N) is 5. The van der Waals surface area contributed by atoms with Crippen LogP contribution in [-0.4, -0.2) is 24.5 Å². The van der Waals surface area contributed by atoms with Gasteiger partial charge in [0.15, 0.2) is 0 Å². The highest BCUT2D eigenvalue weighted by Gasteiger charge is 2.13. The van der Waals surface area contributed by atoms with Crippen molar-refractivity contribution in [1.29, 1.82) is 0 Å². The largest absolute Gasteiger partial charge is 0.324 e. The number of rotatable bonds is 5. The van der Waals surface area contributed by atoms with Gasteiger partial charge in [0.2, 0.25) is 11.9 Å². The third-order valence-corrected chi connectivity index (χ3v) is 4.04. The zero-order valence-electron chi connectivity index (χ0n) is 14.2. The molecule has 0 saturated heterocycles. The van der Waals surface area contributed by atoms with Crippen molar-refractivity contribution in [3.63, 3.8) is 0 Å². The predicted octanol–water partition coefficient (Wildman–Crippen LogP) is 2.71. The first-order valence-electron chi connectivity index (χ1n) is 8.34. The van der Waals surface area contributed by atoms with Gasteiger partial charge in [-0.15, -0.1) is 0 Å². The van der Waals surface area contributed by atoms with Crippen molar-refractivity contribution in [3.05, 3.63) is 83.2 Å². The molecule has 27 heavy (non-hydrogen) atoms. The average molecular weight is 362 g/mol. The maximum absolute atomic E-state index is 13.5. The van der Waals surface area contributed by atoms with Crippen LogP contribution in [0.1, 0.15) is 5.69 Å². The molecular weight excluding hydrogens is 347 g/mol. The first-order valence-corrected chi connectivity index (χ1v) is 8.34. The van der Waals surface area contributed by atoms with E-state index in [1.807, 2.05) is 24.3 Å². The highest BCUT2D eigenvalue weighted by molar-refractivity contribution is 5.78. The summed E-state index contributed by atoms with van der Waals surface area (Å²) >= 11 is 0. The maximum atomic E-state index is 13.5. The van der Waals surface area contributed by atoms with Gasteiger partial charge in [0.05, 0.1) is 29.0 Å². The summed E-state index contributed by atoms with van der Waals surface area (Å²) in [5, 5.41) is 3.28. The van der Waals surface area contributed by atoms with E-state index < -0.39 is 5.95 Å². The van der Waals surface area contributed by atoms with E-state index in [0.717, 1.165) is 11.8 Å². The number of hydrogen-bond acceptors (Lipinski definition) is 6. The second-order valence-corrected chi connectivity index (χ2v) is 5.85. The summed E-state index contributed by atoms with van der Waals surface area (Å²) in [7, 11) is 0. The summed E-state index contributed by atoms with van der Waals surface area (Å²) in [4.78, 5) is 29.3. The van der Waals surface area contributed by atoms with Crippen LogP contribution in [0.4, 0.5) is 16.0 Å². The molecule has 0 spiro atoms.